The predicted octanol–water partition coefficient (Wildman–Crippen LogP) is 3.58. The van der Waals surface area contributed by atoms with Crippen LogP contribution in [-0.4, -0.2) is 33.0 Å². The fraction of sp³-hybridized carbons (Fsp3) is 0.167. The Balaban J connectivity index is 1.75. The molecular formula is C18H14F2N4O2S. The van der Waals surface area contributed by atoms with Crippen LogP contribution in [-0.2, 0) is 0 Å². The minimum Gasteiger partial charge on any atom is -0.350 e. The van der Waals surface area contributed by atoms with E-state index in [4.69, 9.17) is 0 Å². The zero-order valence-corrected chi connectivity index (χ0v) is 15.2. The summed E-state index contributed by atoms with van der Waals surface area (Å²) in [6, 6.07) is 4.82. The summed E-state index contributed by atoms with van der Waals surface area (Å²) in [4.78, 5) is 29.2. The number of H-pyrrole nitrogens is 2. The SMILES string of the molecule is C[C@H](c1n[nH]c(=O)c2cc(F)c(F)cc12)N(C)C(=O)c1cc2sccc2[nH]1. The van der Waals surface area contributed by atoms with E-state index >= 15 is 0 Å². The second-order valence-electron chi connectivity index (χ2n) is 6.22. The Morgan fingerprint density at radius 1 is 1.22 bits per heavy atom. The normalized spacial score (nSPS) is 12.6. The number of hydrogen-bond donors (Lipinski definition) is 2. The number of rotatable bonds is 3. The van der Waals surface area contributed by atoms with Crippen LogP contribution in [0, 0.1) is 11.6 Å². The molecule has 4 rings (SSSR count). The summed E-state index contributed by atoms with van der Waals surface area (Å²) < 4.78 is 28.2. The molecule has 9 heteroatoms. The molecule has 0 fully saturated rings. The monoisotopic (exact) mass is 388 g/mol. The summed E-state index contributed by atoms with van der Waals surface area (Å²) >= 11 is 1.52. The highest BCUT2D eigenvalue weighted by Gasteiger charge is 2.24. The lowest BCUT2D eigenvalue weighted by Crippen LogP contribution is -2.31. The van der Waals surface area contributed by atoms with Gasteiger partial charge in [0.1, 0.15) is 5.69 Å². The van der Waals surface area contributed by atoms with Crippen molar-refractivity contribution < 1.29 is 13.6 Å². The maximum Gasteiger partial charge on any atom is 0.272 e. The largest absolute Gasteiger partial charge is 0.350 e. The lowest BCUT2D eigenvalue weighted by atomic mass is 10.1. The van der Waals surface area contributed by atoms with Crippen LogP contribution in [0.3, 0.4) is 0 Å². The molecule has 0 unspecified atom stereocenters. The van der Waals surface area contributed by atoms with E-state index in [0.29, 0.717) is 5.69 Å². The van der Waals surface area contributed by atoms with Gasteiger partial charge in [0.15, 0.2) is 11.6 Å². The number of carbonyl (C=O) groups is 1. The van der Waals surface area contributed by atoms with E-state index in [-0.39, 0.29) is 22.4 Å². The summed E-state index contributed by atoms with van der Waals surface area (Å²) in [6.45, 7) is 1.70. The topological polar surface area (TPSA) is 81.8 Å². The Labute approximate surface area is 155 Å². The quantitative estimate of drug-likeness (QED) is 0.563. The third-order valence-electron chi connectivity index (χ3n) is 4.63. The molecule has 1 atom stereocenters. The fourth-order valence-corrected chi connectivity index (χ4v) is 3.79. The molecule has 3 aromatic heterocycles. The Morgan fingerprint density at radius 2 is 1.93 bits per heavy atom. The first kappa shape index (κ1) is 17.3. The molecule has 138 valence electrons. The third kappa shape index (κ3) is 2.80. The highest BCUT2D eigenvalue weighted by molar-refractivity contribution is 7.17. The number of amides is 1. The first-order valence-electron chi connectivity index (χ1n) is 8.07. The van der Waals surface area contributed by atoms with Gasteiger partial charge in [0.05, 0.1) is 27.3 Å². The average Bonchev–Trinajstić information content (AvgIpc) is 3.24. The van der Waals surface area contributed by atoms with Crippen LogP contribution < -0.4 is 5.56 Å². The molecule has 0 aliphatic rings. The first-order valence-corrected chi connectivity index (χ1v) is 8.95. The van der Waals surface area contributed by atoms with Crippen molar-refractivity contribution in [3.63, 3.8) is 0 Å². The number of aromatic amines is 2. The van der Waals surface area contributed by atoms with Gasteiger partial charge in [-0.05, 0) is 36.6 Å². The fourth-order valence-electron chi connectivity index (χ4n) is 3.01. The summed E-state index contributed by atoms with van der Waals surface area (Å²) in [7, 11) is 1.58. The number of nitrogens with zero attached hydrogens (tertiary/aromatic N) is 2. The van der Waals surface area contributed by atoms with E-state index in [0.717, 1.165) is 22.3 Å². The number of nitrogens with one attached hydrogen (secondary N) is 2. The minimum absolute atomic E-state index is 0.0213. The number of fused-ring (bicyclic) bond motifs is 2. The van der Waals surface area contributed by atoms with Crippen LogP contribution >= 0.6 is 11.3 Å². The number of aromatic nitrogens is 3. The Hall–Kier alpha value is -3.07. The van der Waals surface area contributed by atoms with E-state index in [1.54, 1.807) is 20.0 Å². The highest BCUT2D eigenvalue weighted by Crippen LogP contribution is 2.27. The van der Waals surface area contributed by atoms with E-state index in [2.05, 4.69) is 15.2 Å². The van der Waals surface area contributed by atoms with E-state index in [1.165, 1.54) is 16.2 Å². The second-order valence-corrected chi connectivity index (χ2v) is 7.17. The van der Waals surface area contributed by atoms with Gasteiger partial charge in [0, 0.05) is 12.4 Å². The van der Waals surface area contributed by atoms with Gasteiger partial charge in [-0.1, -0.05) is 0 Å². The van der Waals surface area contributed by atoms with Gasteiger partial charge in [0.25, 0.3) is 11.5 Å². The molecule has 0 saturated carbocycles. The molecule has 1 aromatic carbocycles. The maximum atomic E-state index is 13.7. The van der Waals surface area contributed by atoms with Crippen molar-refractivity contribution in [3.05, 3.63) is 63.0 Å². The molecule has 1 amide bonds. The number of thiophene rings is 1. The third-order valence-corrected chi connectivity index (χ3v) is 5.49. The lowest BCUT2D eigenvalue weighted by Gasteiger charge is -2.24. The van der Waals surface area contributed by atoms with Crippen molar-refractivity contribution in [2.45, 2.75) is 13.0 Å². The Morgan fingerprint density at radius 3 is 2.63 bits per heavy atom. The first-order chi connectivity index (χ1) is 12.9. The minimum atomic E-state index is -1.12. The van der Waals surface area contributed by atoms with Crippen LogP contribution in [0.1, 0.15) is 29.1 Å². The summed E-state index contributed by atoms with van der Waals surface area (Å²) in [6.07, 6.45) is 0. The summed E-state index contributed by atoms with van der Waals surface area (Å²) in [5, 5.41) is 8.33. The highest BCUT2D eigenvalue weighted by atomic mass is 32.1. The van der Waals surface area contributed by atoms with Gasteiger partial charge in [-0.2, -0.15) is 5.10 Å². The van der Waals surface area contributed by atoms with Crippen molar-refractivity contribution in [1.29, 1.82) is 0 Å². The van der Waals surface area contributed by atoms with Crippen LogP contribution in [0.5, 0.6) is 0 Å². The molecule has 4 aromatic rings. The molecule has 2 N–H and O–H groups in total. The van der Waals surface area contributed by atoms with Gasteiger partial charge in [-0.25, -0.2) is 13.9 Å². The molecule has 6 nitrogen and oxygen atoms in total. The van der Waals surface area contributed by atoms with Gasteiger partial charge >= 0.3 is 0 Å². The Kier molecular flexibility index (Phi) is 4.03. The second kappa shape index (κ2) is 6.27. The van der Waals surface area contributed by atoms with Crippen molar-refractivity contribution in [2.24, 2.45) is 0 Å². The Bertz CT molecular complexity index is 1210. The maximum absolute atomic E-state index is 13.7. The number of benzene rings is 1. The molecule has 0 saturated heterocycles. The predicted molar refractivity (Wildman–Crippen MR) is 99.0 cm³/mol. The average molecular weight is 388 g/mol. The number of hydrogen-bond acceptors (Lipinski definition) is 4. The summed E-state index contributed by atoms with van der Waals surface area (Å²) in [5.74, 6) is -2.48. The van der Waals surface area contributed by atoms with E-state index in [1.807, 2.05) is 11.4 Å². The molecular weight excluding hydrogens is 374 g/mol. The molecule has 3 heterocycles. The molecule has 27 heavy (non-hydrogen) atoms. The van der Waals surface area contributed by atoms with Crippen molar-refractivity contribution in [2.75, 3.05) is 7.05 Å². The molecule has 0 bridgehead atoms. The molecule has 0 aliphatic heterocycles. The van der Waals surface area contributed by atoms with Crippen LogP contribution in [0.25, 0.3) is 21.0 Å². The molecule has 0 spiro atoms. The smallest absolute Gasteiger partial charge is 0.272 e. The van der Waals surface area contributed by atoms with E-state index < -0.39 is 23.2 Å². The number of halogens is 2. The number of carbonyl (C=O) groups excluding carboxylic acids is 1. The van der Waals surface area contributed by atoms with Crippen molar-refractivity contribution in [3.8, 4) is 0 Å². The van der Waals surface area contributed by atoms with Crippen molar-refractivity contribution in [1.82, 2.24) is 20.1 Å². The van der Waals surface area contributed by atoms with Gasteiger partial charge < -0.3 is 9.88 Å². The van der Waals surface area contributed by atoms with E-state index in [9.17, 15) is 18.4 Å². The van der Waals surface area contributed by atoms with Crippen LogP contribution in [0.15, 0.2) is 34.4 Å². The van der Waals surface area contributed by atoms with Gasteiger partial charge in [-0.3, -0.25) is 9.59 Å². The zero-order chi connectivity index (χ0) is 19.3. The summed E-state index contributed by atoms with van der Waals surface area (Å²) in [5.41, 5.74) is 0.929. The van der Waals surface area contributed by atoms with Crippen molar-refractivity contribution >= 4 is 38.2 Å². The zero-order valence-electron chi connectivity index (χ0n) is 14.3. The molecule has 0 radical (unpaired) electrons. The van der Waals surface area contributed by atoms with Gasteiger partial charge in [-0.15, -0.1) is 11.3 Å². The van der Waals surface area contributed by atoms with Gasteiger partial charge in [0.2, 0.25) is 0 Å². The lowest BCUT2D eigenvalue weighted by molar-refractivity contribution is 0.0735. The van der Waals surface area contributed by atoms with Crippen LogP contribution in [0.4, 0.5) is 8.78 Å². The molecule has 0 aliphatic carbocycles. The van der Waals surface area contributed by atoms with Crippen LogP contribution in [0.2, 0.25) is 0 Å². The standard InChI is InChI=1S/C18H14F2N4O2S/c1-8(24(2)18(26)14-7-15-13(21-14)3-4-27-15)16-9-5-11(19)12(20)6-10(9)17(25)23-22-16/h3-8,21H,1-2H3,(H,23,25)/t8-/m1/s1.